The molecule has 1 heterocycles. The van der Waals surface area contributed by atoms with Gasteiger partial charge in [-0.2, -0.15) is 0 Å². The lowest BCUT2D eigenvalue weighted by molar-refractivity contribution is 0.0949. The summed E-state index contributed by atoms with van der Waals surface area (Å²) >= 11 is 0. The van der Waals surface area contributed by atoms with E-state index >= 15 is 0 Å². The SMILES string of the molecule is COC(=O)NC(=N)c1ccc(CNC(=O)c2c(S(=O)(=O)c3ccccc3)[nH]c3ccccc23)cc1. The minimum Gasteiger partial charge on any atom is -0.453 e. The van der Waals surface area contributed by atoms with Crippen molar-refractivity contribution in [1.29, 1.82) is 5.41 Å². The number of rotatable bonds is 6. The molecule has 4 rings (SSSR count). The zero-order chi connectivity index (χ0) is 25.0. The summed E-state index contributed by atoms with van der Waals surface area (Å²) < 4.78 is 31.1. The number of benzene rings is 3. The second-order valence-corrected chi connectivity index (χ2v) is 9.45. The van der Waals surface area contributed by atoms with E-state index in [9.17, 15) is 18.0 Å². The molecule has 178 valence electrons. The van der Waals surface area contributed by atoms with Gasteiger partial charge in [-0.3, -0.25) is 15.5 Å². The maximum atomic E-state index is 13.3. The lowest BCUT2D eigenvalue weighted by Crippen LogP contribution is -2.30. The molecule has 2 amide bonds. The monoisotopic (exact) mass is 490 g/mol. The van der Waals surface area contributed by atoms with Crippen LogP contribution in [-0.2, 0) is 21.1 Å². The van der Waals surface area contributed by atoms with Crippen LogP contribution < -0.4 is 10.6 Å². The number of aromatic nitrogens is 1. The average molecular weight is 491 g/mol. The van der Waals surface area contributed by atoms with Crippen molar-refractivity contribution in [2.24, 2.45) is 0 Å². The second-order valence-electron chi connectivity index (χ2n) is 7.56. The van der Waals surface area contributed by atoms with Crippen molar-refractivity contribution in [3.8, 4) is 0 Å². The molecule has 4 N–H and O–H groups in total. The number of hydrogen-bond donors (Lipinski definition) is 4. The third-order valence-corrected chi connectivity index (χ3v) is 7.07. The van der Waals surface area contributed by atoms with E-state index in [4.69, 9.17) is 5.41 Å². The summed E-state index contributed by atoms with van der Waals surface area (Å²) in [5, 5.41) is 13.3. The molecule has 0 saturated heterocycles. The van der Waals surface area contributed by atoms with Crippen molar-refractivity contribution in [2.45, 2.75) is 16.5 Å². The molecule has 0 bridgehead atoms. The molecule has 0 aliphatic heterocycles. The molecule has 0 spiro atoms. The Kier molecular flexibility index (Phi) is 6.65. The Morgan fingerprint density at radius 1 is 0.943 bits per heavy atom. The predicted octanol–water partition coefficient (Wildman–Crippen LogP) is 3.61. The number of H-pyrrole nitrogens is 1. The Labute approximate surface area is 201 Å². The van der Waals surface area contributed by atoms with Gasteiger partial charge in [-0.1, -0.05) is 60.7 Å². The summed E-state index contributed by atoms with van der Waals surface area (Å²) in [5.41, 5.74) is 1.76. The first-order valence-electron chi connectivity index (χ1n) is 10.5. The van der Waals surface area contributed by atoms with E-state index in [0.29, 0.717) is 16.5 Å². The smallest absolute Gasteiger partial charge is 0.412 e. The normalized spacial score (nSPS) is 11.1. The molecule has 9 nitrogen and oxygen atoms in total. The molecule has 4 aromatic rings. The van der Waals surface area contributed by atoms with Gasteiger partial charge >= 0.3 is 6.09 Å². The van der Waals surface area contributed by atoms with Crippen molar-refractivity contribution in [3.63, 3.8) is 0 Å². The topological polar surface area (TPSA) is 141 Å². The van der Waals surface area contributed by atoms with Crippen molar-refractivity contribution in [2.75, 3.05) is 7.11 Å². The van der Waals surface area contributed by atoms with Crippen LogP contribution in [0.2, 0.25) is 0 Å². The number of carbonyl (C=O) groups excluding carboxylic acids is 2. The number of amidine groups is 1. The van der Waals surface area contributed by atoms with Gasteiger partial charge in [0, 0.05) is 23.0 Å². The number of sulfone groups is 1. The zero-order valence-corrected chi connectivity index (χ0v) is 19.5. The van der Waals surface area contributed by atoms with Crippen molar-refractivity contribution >= 4 is 38.6 Å². The highest BCUT2D eigenvalue weighted by Gasteiger charge is 2.29. The molecule has 3 aromatic carbocycles. The standard InChI is InChI=1S/C25H22N4O5S/c1-34-25(31)29-22(26)17-13-11-16(12-14-17)15-27-23(30)21-19-9-5-6-10-20(19)28-24(21)35(32,33)18-7-3-2-4-8-18/h2-14,28H,15H2,1H3,(H,27,30)(H2,26,29,31). The third kappa shape index (κ3) is 4.92. The van der Waals surface area contributed by atoms with E-state index in [1.165, 1.54) is 19.2 Å². The first kappa shape index (κ1) is 23.7. The van der Waals surface area contributed by atoms with E-state index in [0.717, 1.165) is 5.56 Å². The van der Waals surface area contributed by atoms with Crippen molar-refractivity contribution < 1.29 is 22.7 Å². The molecule has 0 saturated carbocycles. The fourth-order valence-electron chi connectivity index (χ4n) is 3.55. The predicted molar refractivity (Wildman–Crippen MR) is 130 cm³/mol. The number of methoxy groups -OCH3 is 1. The molecule has 0 aliphatic carbocycles. The second kappa shape index (κ2) is 9.82. The molecule has 1 aromatic heterocycles. The van der Waals surface area contributed by atoms with Gasteiger partial charge in [0.1, 0.15) is 5.84 Å². The molecule has 10 heteroatoms. The van der Waals surface area contributed by atoms with Crippen LogP contribution in [-0.4, -0.2) is 38.3 Å². The summed E-state index contributed by atoms with van der Waals surface area (Å²) in [6.07, 6.45) is -0.744. The quantitative estimate of drug-likeness (QED) is 0.241. The largest absolute Gasteiger partial charge is 0.453 e. The van der Waals surface area contributed by atoms with Gasteiger partial charge in [0.05, 0.1) is 17.6 Å². The van der Waals surface area contributed by atoms with Crippen molar-refractivity contribution in [3.05, 3.63) is 95.6 Å². The molecule has 0 atom stereocenters. The summed E-state index contributed by atoms with van der Waals surface area (Å²) in [7, 11) is -2.76. The van der Waals surface area contributed by atoms with Crippen LogP contribution in [0.5, 0.6) is 0 Å². The molecule has 0 radical (unpaired) electrons. The molecular formula is C25H22N4O5S. The Bertz CT molecular complexity index is 1510. The van der Waals surface area contributed by atoms with E-state index in [1.54, 1.807) is 66.7 Å². The van der Waals surface area contributed by atoms with Gasteiger partial charge in [-0.15, -0.1) is 0 Å². The van der Waals surface area contributed by atoms with Gasteiger partial charge in [0.2, 0.25) is 9.84 Å². The number of carbonyl (C=O) groups is 2. The minimum absolute atomic E-state index is 0.0464. The van der Waals surface area contributed by atoms with Crippen LogP contribution in [0, 0.1) is 5.41 Å². The van der Waals surface area contributed by atoms with Crippen LogP contribution in [0.3, 0.4) is 0 Å². The average Bonchev–Trinajstić information content (AvgIpc) is 3.28. The maximum Gasteiger partial charge on any atom is 0.412 e. The van der Waals surface area contributed by atoms with Gasteiger partial charge in [-0.05, 0) is 23.8 Å². The Balaban J connectivity index is 1.58. The van der Waals surface area contributed by atoms with Crippen LogP contribution in [0.1, 0.15) is 21.5 Å². The molecule has 0 unspecified atom stereocenters. The van der Waals surface area contributed by atoms with E-state index < -0.39 is 21.8 Å². The summed E-state index contributed by atoms with van der Waals surface area (Å²) in [6.45, 7) is 0.126. The van der Waals surface area contributed by atoms with Gasteiger partial charge in [0.25, 0.3) is 5.91 Å². The van der Waals surface area contributed by atoms with Gasteiger partial charge < -0.3 is 15.0 Å². The minimum atomic E-state index is -3.97. The first-order valence-corrected chi connectivity index (χ1v) is 12.0. The summed E-state index contributed by atoms with van der Waals surface area (Å²) in [6, 6.07) is 21.5. The molecule has 35 heavy (non-hydrogen) atoms. The number of nitrogens with one attached hydrogen (secondary N) is 4. The highest BCUT2D eigenvalue weighted by atomic mass is 32.2. The summed E-state index contributed by atoms with van der Waals surface area (Å²) in [5.74, 6) is -0.664. The number of fused-ring (bicyclic) bond motifs is 1. The van der Waals surface area contributed by atoms with Crippen LogP contribution in [0.4, 0.5) is 4.79 Å². The lowest BCUT2D eigenvalue weighted by Gasteiger charge is -2.09. The Morgan fingerprint density at radius 2 is 1.60 bits per heavy atom. The number of para-hydroxylation sites is 1. The van der Waals surface area contributed by atoms with E-state index in [1.807, 2.05) is 0 Å². The van der Waals surface area contributed by atoms with E-state index in [2.05, 4.69) is 20.4 Å². The highest BCUT2D eigenvalue weighted by Crippen LogP contribution is 2.30. The van der Waals surface area contributed by atoms with Crippen LogP contribution in [0.15, 0.2) is 88.8 Å². The zero-order valence-electron chi connectivity index (χ0n) is 18.7. The summed E-state index contributed by atoms with van der Waals surface area (Å²) in [4.78, 5) is 27.5. The van der Waals surface area contributed by atoms with Crippen molar-refractivity contribution in [1.82, 2.24) is 15.6 Å². The maximum absolute atomic E-state index is 13.3. The van der Waals surface area contributed by atoms with E-state index in [-0.39, 0.29) is 27.9 Å². The fourth-order valence-corrected chi connectivity index (χ4v) is 5.01. The molecule has 0 fully saturated rings. The molecular weight excluding hydrogens is 468 g/mol. The van der Waals surface area contributed by atoms with Crippen LogP contribution in [0.25, 0.3) is 10.9 Å². The lowest BCUT2D eigenvalue weighted by atomic mass is 10.1. The number of amides is 2. The number of aromatic amines is 1. The Hall–Kier alpha value is -4.44. The number of alkyl carbamates (subject to hydrolysis) is 1. The van der Waals surface area contributed by atoms with Gasteiger partial charge in [-0.25, -0.2) is 13.2 Å². The molecule has 0 aliphatic rings. The fraction of sp³-hybridized carbons (Fsp3) is 0.0800. The van der Waals surface area contributed by atoms with Crippen LogP contribution >= 0.6 is 0 Å². The highest BCUT2D eigenvalue weighted by molar-refractivity contribution is 7.91. The Morgan fingerprint density at radius 3 is 2.29 bits per heavy atom. The first-order chi connectivity index (χ1) is 16.8. The number of ether oxygens (including phenoxy) is 1. The van der Waals surface area contributed by atoms with Gasteiger partial charge in [0.15, 0.2) is 5.03 Å². The third-order valence-electron chi connectivity index (χ3n) is 5.33. The number of hydrogen-bond acceptors (Lipinski definition) is 6.